The van der Waals surface area contributed by atoms with Crippen LogP contribution < -0.4 is 0 Å². The number of benzene rings is 1. The zero-order chi connectivity index (χ0) is 14.0. The van der Waals surface area contributed by atoms with E-state index in [2.05, 4.69) is 31.7 Å². The van der Waals surface area contributed by atoms with Crippen molar-refractivity contribution < 1.29 is 4.74 Å². The molecule has 0 N–H and O–H groups in total. The maximum Gasteiger partial charge on any atom is 0.140 e. The molecule has 0 aliphatic rings. The third-order valence-corrected chi connectivity index (χ3v) is 5.19. The quantitative estimate of drug-likeness (QED) is 0.607. The van der Waals surface area contributed by atoms with Crippen molar-refractivity contribution >= 4 is 30.6 Å². The third kappa shape index (κ3) is 3.59. The number of aryl methyl sites for hydroxylation is 1. The number of hydrogen-bond donors (Lipinski definition) is 0. The van der Waals surface area contributed by atoms with Gasteiger partial charge in [0.25, 0.3) is 0 Å². The first-order valence-electron chi connectivity index (χ1n) is 6.57. The number of aromatic nitrogens is 2. The molecule has 1 heterocycles. The molecule has 0 spiro atoms. The van der Waals surface area contributed by atoms with Gasteiger partial charge < -0.3 is 4.74 Å². The molecule has 0 radical (unpaired) electrons. The van der Waals surface area contributed by atoms with Crippen molar-refractivity contribution in [3.63, 3.8) is 0 Å². The van der Waals surface area contributed by atoms with Crippen LogP contribution in [0.15, 0.2) is 18.3 Å². The first-order chi connectivity index (χ1) is 8.88. The number of ether oxygens (including phenoxy) is 1. The molecule has 1 aromatic carbocycles. The van der Waals surface area contributed by atoms with Gasteiger partial charge in [0.1, 0.15) is 6.73 Å². The van der Waals surface area contributed by atoms with E-state index in [1.165, 1.54) is 11.6 Å². The number of rotatable bonds is 5. The van der Waals surface area contributed by atoms with E-state index in [0.717, 1.165) is 22.5 Å². The second-order valence-electron chi connectivity index (χ2n) is 6.12. The average Bonchev–Trinajstić information content (AvgIpc) is 2.73. The van der Waals surface area contributed by atoms with Gasteiger partial charge in [-0.2, -0.15) is 5.10 Å². The summed E-state index contributed by atoms with van der Waals surface area (Å²) in [6.07, 6.45) is 1.86. The molecule has 3 nitrogen and oxygen atoms in total. The molecule has 0 aliphatic carbocycles. The molecule has 1 aromatic heterocycles. The maximum atomic E-state index is 6.25. The molecular formula is C14H21ClN2OSi. The van der Waals surface area contributed by atoms with Crippen molar-refractivity contribution in [1.29, 1.82) is 0 Å². The molecule has 0 aliphatic heterocycles. The molecule has 0 amide bonds. The van der Waals surface area contributed by atoms with Crippen molar-refractivity contribution in [3.8, 4) is 0 Å². The second-order valence-corrected chi connectivity index (χ2v) is 12.1. The van der Waals surface area contributed by atoms with Gasteiger partial charge in [-0.15, -0.1) is 0 Å². The van der Waals surface area contributed by atoms with Crippen LogP contribution in [-0.2, 0) is 11.5 Å². The van der Waals surface area contributed by atoms with Crippen molar-refractivity contribution in [2.75, 3.05) is 6.61 Å². The van der Waals surface area contributed by atoms with Gasteiger partial charge >= 0.3 is 0 Å². The molecule has 0 unspecified atom stereocenters. The van der Waals surface area contributed by atoms with Crippen molar-refractivity contribution in [2.45, 2.75) is 39.3 Å². The average molecular weight is 297 g/mol. The van der Waals surface area contributed by atoms with Gasteiger partial charge in [-0.05, 0) is 24.6 Å². The van der Waals surface area contributed by atoms with E-state index in [-0.39, 0.29) is 0 Å². The molecule has 0 atom stereocenters. The highest BCUT2D eigenvalue weighted by molar-refractivity contribution is 6.76. The third-order valence-electron chi connectivity index (χ3n) is 3.18. The summed E-state index contributed by atoms with van der Waals surface area (Å²) in [4.78, 5) is 0. The van der Waals surface area contributed by atoms with Gasteiger partial charge in [-0.25, -0.2) is 4.68 Å². The fourth-order valence-electron chi connectivity index (χ4n) is 1.92. The fourth-order valence-corrected chi connectivity index (χ4v) is 2.94. The van der Waals surface area contributed by atoms with Crippen LogP contribution in [0.1, 0.15) is 5.56 Å². The van der Waals surface area contributed by atoms with Crippen molar-refractivity contribution in [3.05, 3.63) is 28.9 Å². The second kappa shape index (κ2) is 5.65. The topological polar surface area (TPSA) is 27.1 Å². The smallest absolute Gasteiger partial charge is 0.140 e. The lowest BCUT2D eigenvalue weighted by molar-refractivity contribution is 0.0817. The van der Waals surface area contributed by atoms with E-state index in [4.69, 9.17) is 16.3 Å². The molecule has 0 saturated heterocycles. The Hall–Kier alpha value is -0.843. The van der Waals surface area contributed by atoms with Gasteiger partial charge in [-0.1, -0.05) is 37.3 Å². The van der Waals surface area contributed by atoms with Crippen LogP contribution in [0.3, 0.4) is 0 Å². The number of nitrogens with zero attached hydrogens (tertiary/aromatic N) is 2. The summed E-state index contributed by atoms with van der Waals surface area (Å²) in [5.74, 6) is 0. The van der Waals surface area contributed by atoms with E-state index in [0.29, 0.717) is 6.73 Å². The van der Waals surface area contributed by atoms with E-state index >= 15 is 0 Å². The van der Waals surface area contributed by atoms with Gasteiger partial charge in [-0.3, -0.25) is 0 Å². The van der Waals surface area contributed by atoms with Gasteiger partial charge in [0.05, 0.1) is 16.7 Å². The van der Waals surface area contributed by atoms with Crippen LogP contribution in [-0.4, -0.2) is 24.5 Å². The Labute approximate surface area is 120 Å². The first-order valence-corrected chi connectivity index (χ1v) is 10.7. The van der Waals surface area contributed by atoms with Crippen molar-refractivity contribution in [1.82, 2.24) is 9.78 Å². The Bertz CT molecular complexity index is 575. The first kappa shape index (κ1) is 14.6. The molecule has 2 aromatic rings. The molecular weight excluding hydrogens is 276 g/mol. The van der Waals surface area contributed by atoms with Gasteiger partial charge in [0.2, 0.25) is 0 Å². The number of halogens is 1. The minimum atomic E-state index is -1.03. The maximum absolute atomic E-state index is 6.25. The summed E-state index contributed by atoms with van der Waals surface area (Å²) >= 11 is 6.25. The molecule has 2 rings (SSSR count). The Balaban J connectivity index is 2.08. The largest absolute Gasteiger partial charge is 0.360 e. The fraction of sp³-hybridized carbons (Fsp3) is 0.500. The minimum Gasteiger partial charge on any atom is -0.360 e. The highest BCUT2D eigenvalue weighted by Crippen LogP contribution is 2.26. The van der Waals surface area contributed by atoms with E-state index in [9.17, 15) is 0 Å². The number of fused-ring (bicyclic) bond motifs is 1. The van der Waals surface area contributed by atoms with E-state index in [1.807, 2.05) is 23.0 Å². The summed E-state index contributed by atoms with van der Waals surface area (Å²) in [6.45, 7) is 10.4. The van der Waals surface area contributed by atoms with Crippen LogP contribution in [0, 0.1) is 6.92 Å². The van der Waals surface area contributed by atoms with Crippen LogP contribution in [0.4, 0.5) is 0 Å². The van der Waals surface area contributed by atoms with Crippen LogP contribution in [0.5, 0.6) is 0 Å². The summed E-state index contributed by atoms with van der Waals surface area (Å²) in [7, 11) is -1.03. The van der Waals surface area contributed by atoms with E-state index in [1.54, 1.807) is 0 Å². The zero-order valence-corrected chi connectivity index (χ0v) is 13.8. The Kier molecular flexibility index (Phi) is 4.33. The molecule has 5 heteroatoms. The lowest BCUT2D eigenvalue weighted by Crippen LogP contribution is -2.22. The molecule has 19 heavy (non-hydrogen) atoms. The Morgan fingerprint density at radius 2 is 2.05 bits per heavy atom. The van der Waals surface area contributed by atoms with E-state index < -0.39 is 8.07 Å². The standard InChI is InChI=1S/C14H21ClN2OSi/c1-11-5-6-13(15)14-12(11)9-16-17(14)10-18-7-8-19(2,3)4/h5-6,9H,7-8,10H2,1-4H3. The highest BCUT2D eigenvalue weighted by Gasteiger charge is 2.13. The molecule has 0 saturated carbocycles. The summed E-state index contributed by atoms with van der Waals surface area (Å²) < 4.78 is 7.58. The lowest BCUT2D eigenvalue weighted by atomic mass is 10.1. The van der Waals surface area contributed by atoms with Gasteiger partial charge in [0.15, 0.2) is 0 Å². The van der Waals surface area contributed by atoms with Crippen LogP contribution in [0.2, 0.25) is 30.7 Å². The zero-order valence-electron chi connectivity index (χ0n) is 12.0. The number of hydrogen-bond acceptors (Lipinski definition) is 2. The van der Waals surface area contributed by atoms with Crippen LogP contribution >= 0.6 is 11.6 Å². The molecule has 104 valence electrons. The predicted octanol–water partition coefficient (Wildman–Crippen LogP) is 4.31. The summed E-state index contributed by atoms with van der Waals surface area (Å²) in [5.41, 5.74) is 2.16. The highest BCUT2D eigenvalue weighted by atomic mass is 35.5. The Morgan fingerprint density at radius 1 is 1.32 bits per heavy atom. The molecule has 0 bridgehead atoms. The van der Waals surface area contributed by atoms with Gasteiger partial charge in [0, 0.05) is 20.1 Å². The lowest BCUT2D eigenvalue weighted by Gasteiger charge is -2.15. The van der Waals surface area contributed by atoms with Crippen LogP contribution in [0.25, 0.3) is 10.9 Å². The SMILES string of the molecule is Cc1ccc(Cl)c2c1cnn2COCC[Si](C)(C)C. The van der Waals surface area contributed by atoms with Crippen molar-refractivity contribution in [2.24, 2.45) is 0 Å². The minimum absolute atomic E-state index is 0.469. The summed E-state index contributed by atoms with van der Waals surface area (Å²) in [5, 5.41) is 6.20. The predicted molar refractivity (Wildman–Crippen MR) is 83.6 cm³/mol. The summed E-state index contributed by atoms with van der Waals surface area (Å²) in [6, 6.07) is 5.10. The molecule has 0 fully saturated rings. The normalized spacial score (nSPS) is 12.3. The monoisotopic (exact) mass is 296 g/mol. The Morgan fingerprint density at radius 3 is 2.74 bits per heavy atom.